The summed E-state index contributed by atoms with van der Waals surface area (Å²) in [5, 5.41) is 16.5. The highest BCUT2D eigenvalue weighted by atomic mass is 35.5. The highest BCUT2D eigenvalue weighted by Gasteiger charge is 2.38. The number of alkyl halides is 3. The molecule has 1 aliphatic heterocycles. The van der Waals surface area contributed by atoms with Gasteiger partial charge in [0.25, 0.3) is 0 Å². The fourth-order valence-corrected chi connectivity index (χ4v) is 4.12. The smallest absolute Gasteiger partial charge is 0.475 e. The SMILES string of the molecule is CC1(c2cc(-c3ccc(Cl)cc3)[nH]n2)CCN(CCc2ccc(Cl)cc2)CC1.O=C(O)C(F)(F)F. The molecule has 2 heterocycles. The molecule has 2 aromatic carbocycles. The standard InChI is InChI=1S/C23H25Cl2N3.C2HF3O2/c1-23(22-16-21(26-27-22)18-4-8-20(25)9-5-18)11-14-28(15-12-23)13-10-17-2-6-19(24)7-3-17;3-2(4,5)1(6)7/h2-9,16H,10-15H2,1H3,(H,26,27);(H,6,7). The number of rotatable bonds is 5. The van der Waals surface area contributed by atoms with Crippen molar-refractivity contribution in [3.05, 3.63) is 75.9 Å². The second-order valence-corrected chi connectivity index (χ2v) is 9.63. The summed E-state index contributed by atoms with van der Waals surface area (Å²) < 4.78 is 31.7. The molecule has 0 radical (unpaired) electrons. The summed E-state index contributed by atoms with van der Waals surface area (Å²) >= 11 is 12.0. The maximum absolute atomic E-state index is 10.6. The lowest BCUT2D eigenvalue weighted by atomic mass is 9.77. The zero-order valence-corrected chi connectivity index (χ0v) is 20.6. The maximum atomic E-state index is 10.6. The minimum Gasteiger partial charge on any atom is -0.475 e. The number of benzene rings is 2. The maximum Gasteiger partial charge on any atom is 0.490 e. The van der Waals surface area contributed by atoms with Crippen molar-refractivity contribution in [1.29, 1.82) is 0 Å². The Morgan fingerprint density at radius 2 is 1.57 bits per heavy atom. The first-order valence-corrected chi connectivity index (χ1v) is 11.8. The Morgan fingerprint density at radius 1 is 1.06 bits per heavy atom. The van der Waals surface area contributed by atoms with Gasteiger partial charge in [-0.3, -0.25) is 5.10 Å². The van der Waals surface area contributed by atoms with Gasteiger partial charge < -0.3 is 10.0 Å². The third kappa shape index (κ3) is 7.72. The largest absolute Gasteiger partial charge is 0.490 e. The van der Waals surface area contributed by atoms with Crippen LogP contribution in [0.2, 0.25) is 10.0 Å². The third-order valence-corrected chi connectivity index (χ3v) is 6.69. The molecule has 5 nitrogen and oxygen atoms in total. The van der Waals surface area contributed by atoms with E-state index in [1.807, 2.05) is 36.4 Å². The number of aromatic amines is 1. The van der Waals surface area contributed by atoms with Crippen molar-refractivity contribution in [2.75, 3.05) is 19.6 Å². The topological polar surface area (TPSA) is 69.2 Å². The first-order chi connectivity index (χ1) is 16.5. The lowest BCUT2D eigenvalue weighted by molar-refractivity contribution is -0.192. The molecule has 0 bridgehead atoms. The van der Waals surface area contributed by atoms with Crippen LogP contribution in [0.25, 0.3) is 11.3 Å². The van der Waals surface area contributed by atoms with Crippen LogP contribution in [0.15, 0.2) is 54.6 Å². The normalized spacial score (nSPS) is 15.8. The molecular formula is C25H26Cl2F3N3O2. The Morgan fingerprint density at radius 3 is 2.09 bits per heavy atom. The van der Waals surface area contributed by atoms with Crippen molar-refractivity contribution in [3.63, 3.8) is 0 Å². The Kier molecular flexibility index (Phi) is 8.85. The zero-order chi connectivity index (χ0) is 25.6. The van der Waals surface area contributed by atoms with Crippen molar-refractivity contribution >= 4 is 29.2 Å². The molecule has 1 saturated heterocycles. The molecule has 10 heteroatoms. The van der Waals surface area contributed by atoms with Crippen LogP contribution in [-0.2, 0) is 16.6 Å². The number of carbonyl (C=O) groups is 1. The minimum absolute atomic E-state index is 0.123. The molecule has 0 amide bonds. The van der Waals surface area contributed by atoms with Gasteiger partial charge in [0.15, 0.2) is 0 Å². The van der Waals surface area contributed by atoms with E-state index in [0.717, 1.165) is 65.9 Å². The molecule has 0 aliphatic carbocycles. The van der Waals surface area contributed by atoms with Crippen LogP contribution >= 0.6 is 23.2 Å². The monoisotopic (exact) mass is 527 g/mol. The van der Waals surface area contributed by atoms with Gasteiger partial charge in [0.2, 0.25) is 0 Å². The van der Waals surface area contributed by atoms with Gasteiger partial charge in [0, 0.05) is 22.0 Å². The Bertz CT molecular complexity index is 1110. The van der Waals surface area contributed by atoms with E-state index in [0.29, 0.717) is 0 Å². The molecule has 3 aromatic rings. The molecule has 0 spiro atoms. The zero-order valence-electron chi connectivity index (χ0n) is 19.1. The van der Waals surface area contributed by atoms with Crippen molar-refractivity contribution in [3.8, 4) is 11.3 Å². The lowest BCUT2D eigenvalue weighted by Gasteiger charge is -2.38. The van der Waals surface area contributed by atoms with Crippen molar-refractivity contribution in [2.45, 2.75) is 37.8 Å². The predicted octanol–water partition coefficient (Wildman–Crippen LogP) is 6.61. The molecule has 0 atom stereocenters. The fourth-order valence-electron chi connectivity index (χ4n) is 3.87. The molecule has 4 rings (SSSR count). The number of nitrogens with zero attached hydrogens (tertiary/aromatic N) is 2. The van der Waals surface area contributed by atoms with E-state index < -0.39 is 12.1 Å². The summed E-state index contributed by atoms with van der Waals surface area (Å²) in [4.78, 5) is 11.5. The van der Waals surface area contributed by atoms with E-state index in [1.54, 1.807) is 0 Å². The van der Waals surface area contributed by atoms with Crippen LogP contribution in [-0.4, -0.2) is 52.0 Å². The molecule has 35 heavy (non-hydrogen) atoms. The highest BCUT2D eigenvalue weighted by molar-refractivity contribution is 6.30. The van der Waals surface area contributed by atoms with E-state index in [2.05, 4.69) is 40.2 Å². The molecule has 0 unspecified atom stereocenters. The van der Waals surface area contributed by atoms with Gasteiger partial charge in [-0.25, -0.2) is 4.79 Å². The molecule has 188 valence electrons. The fraction of sp³-hybridized carbons (Fsp3) is 0.360. The van der Waals surface area contributed by atoms with Crippen LogP contribution in [0, 0.1) is 0 Å². The van der Waals surface area contributed by atoms with Gasteiger partial charge in [0.1, 0.15) is 0 Å². The summed E-state index contributed by atoms with van der Waals surface area (Å²) in [6.45, 7) is 5.64. The molecular weight excluding hydrogens is 502 g/mol. The van der Waals surface area contributed by atoms with Gasteiger partial charge >= 0.3 is 12.1 Å². The quantitative estimate of drug-likeness (QED) is 0.391. The molecule has 2 N–H and O–H groups in total. The minimum atomic E-state index is -5.08. The number of carboxylic acids is 1. The third-order valence-electron chi connectivity index (χ3n) is 6.18. The van der Waals surface area contributed by atoms with Gasteiger partial charge in [-0.15, -0.1) is 0 Å². The Labute approximate surface area is 211 Å². The first-order valence-electron chi connectivity index (χ1n) is 11.0. The van der Waals surface area contributed by atoms with Crippen LogP contribution in [0.3, 0.4) is 0 Å². The van der Waals surface area contributed by atoms with Gasteiger partial charge in [-0.2, -0.15) is 18.3 Å². The van der Waals surface area contributed by atoms with E-state index in [9.17, 15) is 13.2 Å². The van der Waals surface area contributed by atoms with Gasteiger partial charge in [-0.1, -0.05) is 54.4 Å². The van der Waals surface area contributed by atoms with Gasteiger partial charge in [0.05, 0.1) is 11.4 Å². The second kappa shape index (κ2) is 11.5. The van der Waals surface area contributed by atoms with Crippen LogP contribution in [0.1, 0.15) is 31.0 Å². The number of H-pyrrole nitrogens is 1. The number of halogens is 5. The summed E-state index contributed by atoms with van der Waals surface area (Å²) in [6.07, 6.45) is -1.77. The van der Waals surface area contributed by atoms with E-state index in [-0.39, 0.29) is 5.41 Å². The average Bonchev–Trinajstić information content (AvgIpc) is 3.31. The van der Waals surface area contributed by atoms with Crippen molar-refractivity contribution in [2.24, 2.45) is 0 Å². The van der Waals surface area contributed by atoms with Gasteiger partial charge in [-0.05, 0) is 73.8 Å². The molecule has 0 saturated carbocycles. The second-order valence-electron chi connectivity index (χ2n) is 8.76. The average molecular weight is 528 g/mol. The van der Waals surface area contributed by atoms with Crippen LogP contribution < -0.4 is 0 Å². The Hall–Kier alpha value is -2.55. The lowest BCUT2D eigenvalue weighted by Crippen LogP contribution is -2.41. The van der Waals surface area contributed by atoms with Crippen LogP contribution in [0.4, 0.5) is 13.2 Å². The molecule has 1 aliphatic rings. The predicted molar refractivity (Wildman–Crippen MR) is 131 cm³/mol. The summed E-state index contributed by atoms with van der Waals surface area (Å²) in [7, 11) is 0. The van der Waals surface area contributed by atoms with Crippen LogP contribution in [0.5, 0.6) is 0 Å². The van der Waals surface area contributed by atoms with E-state index >= 15 is 0 Å². The number of piperidine rings is 1. The molecule has 1 fully saturated rings. The number of aliphatic carboxylic acids is 1. The molecule has 1 aromatic heterocycles. The number of hydrogen-bond acceptors (Lipinski definition) is 3. The number of hydrogen-bond donors (Lipinski definition) is 2. The summed E-state index contributed by atoms with van der Waals surface area (Å²) in [5.41, 5.74) is 4.80. The van der Waals surface area contributed by atoms with E-state index in [1.165, 1.54) is 5.56 Å². The summed E-state index contributed by atoms with van der Waals surface area (Å²) in [5.74, 6) is -2.76. The number of carboxylic acid groups (broad SMARTS) is 1. The van der Waals surface area contributed by atoms with Crippen molar-refractivity contribution in [1.82, 2.24) is 15.1 Å². The van der Waals surface area contributed by atoms with Crippen molar-refractivity contribution < 1.29 is 23.1 Å². The summed E-state index contributed by atoms with van der Waals surface area (Å²) in [6, 6.07) is 18.3. The first kappa shape index (κ1) is 27.0. The number of aromatic nitrogens is 2. The number of likely N-dealkylation sites (tertiary alicyclic amines) is 1. The van der Waals surface area contributed by atoms with E-state index in [4.69, 9.17) is 33.1 Å². The Balaban J connectivity index is 0.000000429. The highest BCUT2D eigenvalue weighted by Crippen LogP contribution is 2.35. The number of nitrogens with one attached hydrogen (secondary N) is 1.